The Bertz CT molecular complexity index is 1410. The lowest BCUT2D eigenvalue weighted by molar-refractivity contribution is -0.136. The van der Waals surface area contributed by atoms with Gasteiger partial charge in [0.2, 0.25) is 0 Å². The summed E-state index contributed by atoms with van der Waals surface area (Å²) >= 11 is 2.54. The highest BCUT2D eigenvalue weighted by Crippen LogP contribution is 2.42. The number of aliphatic carboxylic acids is 1. The van der Waals surface area contributed by atoms with E-state index < -0.39 is 11.6 Å². The third-order valence-electron chi connectivity index (χ3n) is 7.53. The normalized spacial score (nSPS) is 14.4. The van der Waals surface area contributed by atoms with Gasteiger partial charge in [-0.1, -0.05) is 53.8 Å². The molecule has 2 heterocycles. The molecular formula is C37H50FIN2O6. The van der Waals surface area contributed by atoms with Gasteiger partial charge in [0.05, 0.1) is 49.8 Å². The first kappa shape index (κ1) is 38.6. The van der Waals surface area contributed by atoms with Crippen LogP contribution in [-0.2, 0) is 33.7 Å². The number of anilines is 1. The van der Waals surface area contributed by atoms with Gasteiger partial charge in [-0.15, -0.1) is 0 Å². The van der Waals surface area contributed by atoms with Gasteiger partial charge in [-0.25, -0.2) is 4.39 Å². The second-order valence-corrected chi connectivity index (χ2v) is 15.6. The van der Waals surface area contributed by atoms with Crippen LogP contribution >= 0.6 is 22.6 Å². The zero-order chi connectivity index (χ0) is 34.6. The predicted molar refractivity (Wildman–Crippen MR) is 193 cm³/mol. The molecule has 0 saturated carbocycles. The van der Waals surface area contributed by atoms with E-state index >= 15 is 0 Å². The van der Waals surface area contributed by atoms with Crippen LogP contribution in [0.3, 0.4) is 0 Å². The average molecular weight is 765 g/mol. The molecule has 8 nitrogen and oxygen atoms in total. The number of carbonyl (C=O) groups is 1. The summed E-state index contributed by atoms with van der Waals surface area (Å²) in [5.41, 5.74) is 5.51. The van der Waals surface area contributed by atoms with Crippen molar-refractivity contribution in [1.29, 1.82) is 0 Å². The number of hydrogen-bond donors (Lipinski definition) is 2. The largest absolute Gasteiger partial charge is 0.493 e. The van der Waals surface area contributed by atoms with Crippen LogP contribution < -0.4 is 9.64 Å². The minimum Gasteiger partial charge on any atom is -0.493 e. The number of hydrogen-bond acceptors (Lipinski definition) is 7. The van der Waals surface area contributed by atoms with E-state index in [2.05, 4.69) is 34.4 Å². The lowest BCUT2D eigenvalue weighted by atomic mass is 9.92. The fourth-order valence-electron chi connectivity index (χ4n) is 5.19. The zero-order valence-electron chi connectivity index (χ0n) is 28.6. The van der Waals surface area contributed by atoms with Crippen molar-refractivity contribution in [1.82, 2.24) is 4.98 Å². The first-order valence-electron chi connectivity index (χ1n) is 16.2. The lowest BCUT2D eigenvalue weighted by Crippen LogP contribution is -2.40. The topological polar surface area (TPSA) is 101 Å². The average Bonchev–Trinajstić information content (AvgIpc) is 2.99. The van der Waals surface area contributed by atoms with Gasteiger partial charge in [-0.2, -0.15) is 0 Å². The van der Waals surface area contributed by atoms with Crippen molar-refractivity contribution in [2.75, 3.05) is 44.4 Å². The summed E-state index contributed by atoms with van der Waals surface area (Å²) in [5.74, 6) is -0.409. The minimum atomic E-state index is -0.881. The van der Waals surface area contributed by atoms with Crippen LogP contribution in [-0.4, -0.2) is 69.7 Å². The van der Waals surface area contributed by atoms with Gasteiger partial charge in [0.15, 0.2) is 0 Å². The fraction of sp³-hybridized carbons (Fsp3) is 0.514. The van der Waals surface area contributed by atoms with Gasteiger partial charge in [-0.3, -0.25) is 9.78 Å². The molecule has 0 atom stereocenters. The third kappa shape index (κ3) is 13.3. The number of aryl methyl sites for hydroxylation is 1. The second-order valence-electron chi connectivity index (χ2n) is 13.0. The van der Waals surface area contributed by atoms with Gasteiger partial charge in [0.25, 0.3) is 0 Å². The van der Waals surface area contributed by atoms with Gasteiger partial charge < -0.3 is 29.3 Å². The number of rotatable bonds is 14. The number of aliphatic hydroxyl groups is 1. The van der Waals surface area contributed by atoms with Gasteiger partial charge >= 0.3 is 5.97 Å². The monoisotopic (exact) mass is 764 g/mol. The number of pyridine rings is 1. The Hall–Kier alpha value is -2.80. The first-order valence-corrected chi connectivity index (χ1v) is 17.3. The SMILES string of the molecule is CC(C)(C)O.CCOCCOCc1nc(C)c(CC(=O)O)c(N2CCC(C)(I)CC2)c1-c1ccc(OCCc2ccc(F)cc2)cc1. The Balaban J connectivity index is 0.00000111. The van der Waals surface area contributed by atoms with E-state index in [1.54, 1.807) is 32.9 Å². The van der Waals surface area contributed by atoms with Crippen molar-refractivity contribution < 1.29 is 33.6 Å². The number of halogens is 2. The van der Waals surface area contributed by atoms with E-state index in [-0.39, 0.29) is 22.3 Å². The second kappa shape index (κ2) is 18.1. The molecule has 0 amide bonds. The van der Waals surface area contributed by atoms with E-state index in [1.807, 2.05) is 38.1 Å². The molecule has 0 radical (unpaired) electrons. The Labute approximate surface area is 292 Å². The van der Waals surface area contributed by atoms with Crippen molar-refractivity contribution in [3.63, 3.8) is 0 Å². The lowest BCUT2D eigenvalue weighted by Gasteiger charge is -2.39. The highest BCUT2D eigenvalue weighted by Gasteiger charge is 2.31. The number of carboxylic acid groups (broad SMARTS) is 1. The molecule has 4 rings (SSSR count). The minimum absolute atomic E-state index is 0.102. The molecule has 10 heteroatoms. The van der Waals surface area contributed by atoms with E-state index in [9.17, 15) is 14.3 Å². The molecule has 3 aromatic rings. The predicted octanol–water partition coefficient (Wildman–Crippen LogP) is 7.57. The van der Waals surface area contributed by atoms with Crippen molar-refractivity contribution in [3.05, 3.63) is 76.9 Å². The summed E-state index contributed by atoms with van der Waals surface area (Å²) in [6.07, 6.45) is 2.57. The number of ether oxygens (including phenoxy) is 3. The summed E-state index contributed by atoms with van der Waals surface area (Å²) < 4.78 is 30.8. The van der Waals surface area contributed by atoms with Crippen LogP contribution in [0.4, 0.5) is 10.1 Å². The maximum atomic E-state index is 13.2. The van der Waals surface area contributed by atoms with E-state index in [0.717, 1.165) is 65.3 Å². The molecule has 0 unspecified atom stereocenters. The highest BCUT2D eigenvalue weighted by atomic mass is 127. The zero-order valence-corrected chi connectivity index (χ0v) is 30.7. The van der Waals surface area contributed by atoms with Crippen LogP contribution in [0.2, 0.25) is 0 Å². The van der Waals surface area contributed by atoms with E-state index in [4.69, 9.17) is 24.3 Å². The van der Waals surface area contributed by atoms with E-state index in [0.29, 0.717) is 38.5 Å². The molecular weight excluding hydrogens is 714 g/mol. The molecule has 1 aromatic heterocycles. The Morgan fingerprint density at radius 3 is 2.19 bits per heavy atom. The maximum Gasteiger partial charge on any atom is 0.307 e. The molecule has 1 saturated heterocycles. The molecule has 47 heavy (non-hydrogen) atoms. The Morgan fingerprint density at radius 2 is 1.62 bits per heavy atom. The molecule has 0 bridgehead atoms. The summed E-state index contributed by atoms with van der Waals surface area (Å²) in [6.45, 7) is 15.3. The van der Waals surface area contributed by atoms with Crippen LogP contribution in [0.25, 0.3) is 11.1 Å². The third-order valence-corrected chi connectivity index (χ3v) is 8.61. The molecule has 258 valence electrons. The van der Waals surface area contributed by atoms with E-state index in [1.165, 1.54) is 12.1 Å². The van der Waals surface area contributed by atoms with Crippen molar-refractivity contribution in [3.8, 4) is 16.9 Å². The molecule has 0 spiro atoms. The maximum absolute atomic E-state index is 13.2. The summed E-state index contributed by atoms with van der Waals surface area (Å²) in [7, 11) is 0. The summed E-state index contributed by atoms with van der Waals surface area (Å²) in [5, 5.41) is 18.4. The molecule has 1 aliphatic rings. The van der Waals surface area contributed by atoms with Crippen LogP contribution in [0.15, 0.2) is 48.5 Å². The quantitative estimate of drug-likeness (QED) is 0.0986. The smallest absolute Gasteiger partial charge is 0.307 e. The van der Waals surface area contributed by atoms with Gasteiger partial charge in [-0.05, 0) is 82.9 Å². The fourth-order valence-corrected chi connectivity index (χ4v) is 5.67. The summed E-state index contributed by atoms with van der Waals surface area (Å²) in [4.78, 5) is 19.2. The first-order chi connectivity index (χ1) is 22.2. The number of piperidine rings is 1. The Morgan fingerprint density at radius 1 is 1.02 bits per heavy atom. The van der Waals surface area contributed by atoms with Crippen LogP contribution in [0, 0.1) is 12.7 Å². The van der Waals surface area contributed by atoms with Crippen molar-refractivity contribution in [2.45, 2.75) is 82.9 Å². The number of benzene rings is 2. The van der Waals surface area contributed by atoms with Crippen molar-refractivity contribution >= 4 is 34.2 Å². The molecule has 0 aliphatic carbocycles. The van der Waals surface area contributed by atoms with Gasteiger partial charge in [0.1, 0.15) is 11.6 Å². The molecule has 2 N–H and O–H groups in total. The van der Waals surface area contributed by atoms with Crippen LogP contribution in [0.1, 0.15) is 70.0 Å². The number of nitrogens with zero attached hydrogens (tertiary/aromatic N) is 2. The van der Waals surface area contributed by atoms with Crippen molar-refractivity contribution in [2.24, 2.45) is 0 Å². The van der Waals surface area contributed by atoms with Gasteiger partial charge in [0, 0.05) is 46.4 Å². The standard InChI is InChI=1S/C33H40FIN2O5.C4H10O/c1-4-40-19-20-41-22-29-31(25-7-11-27(12-8-25)42-18-13-24-5-9-26(34)10-6-24)32(28(21-30(38)39)23(2)36-29)37-16-14-33(3,35)15-17-37;1-4(2,3)5/h5-12H,4,13-22H2,1-3H3,(H,38,39);5H,1-3H3. The number of aromatic nitrogens is 1. The molecule has 1 fully saturated rings. The van der Waals surface area contributed by atoms with Crippen LogP contribution in [0.5, 0.6) is 5.75 Å². The number of alkyl halides is 1. The summed E-state index contributed by atoms with van der Waals surface area (Å²) in [6, 6.07) is 14.3. The Kier molecular flexibility index (Phi) is 14.9. The highest BCUT2D eigenvalue weighted by molar-refractivity contribution is 14.1. The molecule has 1 aliphatic heterocycles. The number of carboxylic acids is 1. The molecule has 2 aromatic carbocycles.